The van der Waals surface area contributed by atoms with E-state index in [0.717, 1.165) is 10.4 Å². The van der Waals surface area contributed by atoms with Crippen LogP contribution >= 0.6 is 27.3 Å². The molecule has 0 bridgehead atoms. The van der Waals surface area contributed by atoms with Crippen LogP contribution in [-0.2, 0) is 15.3 Å². The summed E-state index contributed by atoms with van der Waals surface area (Å²) in [5.41, 5.74) is 2.23. The average Bonchev–Trinajstić information content (AvgIpc) is 2.96. The second-order valence-corrected chi connectivity index (χ2v) is 6.56. The molecular formula is C15H17BrO2S. The van der Waals surface area contributed by atoms with Crippen molar-refractivity contribution in [2.75, 3.05) is 14.2 Å². The second-order valence-electron chi connectivity index (χ2n) is 4.24. The highest BCUT2D eigenvalue weighted by Crippen LogP contribution is 2.37. The number of thiophene rings is 1. The molecule has 4 heteroatoms. The summed E-state index contributed by atoms with van der Waals surface area (Å²) < 4.78 is 11.4. The zero-order valence-electron chi connectivity index (χ0n) is 11.2. The fourth-order valence-electron chi connectivity index (χ4n) is 2.10. The number of benzene rings is 1. The fourth-order valence-corrected chi connectivity index (χ4v) is 3.30. The van der Waals surface area contributed by atoms with Crippen LogP contribution in [0.25, 0.3) is 0 Å². The summed E-state index contributed by atoms with van der Waals surface area (Å²) in [6, 6.07) is 12.3. The summed E-state index contributed by atoms with van der Waals surface area (Å²) in [5.74, 6) is -0.817. The first-order valence-electron chi connectivity index (χ1n) is 6.03. The largest absolute Gasteiger partial charge is 0.345 e. The van der Waals surface area contributed by atoms with E-state index in [0.29, 0.717) is 4.83 Å². The van der Waals surface area contributed by atoms with Gasteiger partial charge < -0.3 is 9.47 Å². The van der Waals surface area contributed by atoms with E-state index in [-0.39, 0.29) is 0 Å². The van der Waals surface area contributed by atoms with E-state index in [1.54, 1.807) is 25.6 Å². The monoisotopic (exact) mass is 340 g/mol. The first kappa shape index (κ1) is 14.7. The van der Waals surface area contributed by atoms with Gasteiger partial charge in [-0.3, -0.25) is 0 Å². The van der Waals surface area contributed by atoms with Crippen molar-refractivity contribution in [1.29, 1.82) is 0 Å². The van der Waals surface area contributed by atoms with Gasteiger partial charge in [0.25, 0.3) is 0 Å². The van der Waals surface area contributed by atoms with Crippen LogP contribution in [0.2, 0.25) is 0 Å². The molecule has 0 aliphatic rings. The number of hydrogen-bond acceptors (Lipinski definition) is 3. The van der Waals surface area contributed by atoms with Crippen LogP contribution in [0, 0.1) is 0 Å². The van der Waals surface area contributed by atoms with Crippen molar-refractivity contribution in [1.82, 2.24) is 0 Å². The molecule has 0 N–H and O–H groups in total. The number of rotatable bonds is 5. The molecule has 0 spiro atoms. The minimum Gasteiger partial charge on any atom is -0.345 e. The van der Waals surface area contributed by atoms with E-state index < -0.39 is 5.79 Å². The minimum atomic E-state index is -0.817. The predicted octanol–water partition coefficient (Wildman–Crippen LogP) is 4.70. The van der Waals surface area contributed by atoms with Crippen molar-refractivity contribution >= 4 is 27.3 Å². The van der Waals surface area contributed by atoms with Gasteiger partial charge in [-0.25, -0.2) is 0 Å². The van der Waals surface area contributed by atoms with Crippen LogP contribution < -0.4 is 0 Å². The molecule has 0 radical (unpaired) electrons. The maximum Gasteiger partial charge on any atom is 0.231 e. The van der Waals surface area contributed by atoms with Crippen molar-refractivity contribution in [3.05, 3.63) is 57.8 Å². The van der Waals surface area contributed by atoms with Crippen LogP contribution in [-0.4, -0.2) is 14.2 Å². The molecule has 2 aromatic rings. The Bertz CT molecular complexity index is 501. The number of methoxy groups -OCH3 is 2. The van der Waals surface area contributed by atoms with Gasteiger partial charge in [0, 0.05) is 24.6 Å². The molecule has 102 valence electrons. The van der Waals surface area contributed by atoms with Gasteiger partial charge >= 0.3 is 0 Å². The molecule has 1 unspecified atom stereocenters. The third-order valence-corrected chi connectivity index (χ3v) is 4.65. The first-order valence-corrected chi connectivity index (χ1v) is 7.82. The van der Waals surface area contributed by atoms with Gasteiger partial charge in [0.2, 0.25) is 5.79 Å². The van der Waals surface area contributed by atoms with E-state index in [2.05, 4.69) is 47.1 Å². The highest BCUT2D eigenvalue weighted by molar-refractivity contribution is 9.09. The third-order valence-electron chi connectivity index (χ3n) is 3.17. The molecule has 2 nitrogen and oxygen atoms in total. The molecule has 0 saturated heterocycles. The van der Waals surface area contributed by atoms with Gasteiger partial charge in [0.1, 0.15) is 0 Å². The van der Waals surface area contributed by atoms with Gasteiger partial charge in [-0.1, -0.05) is 46.3 Å². The molecule has 0 aliphatic carbocycles. The molecule has 1 aromatic carbocycles. The number of halogens is 1. The summed E-state index contributed by atoms with van der Waals surface area (Å²) in [7, 11) is 3.34. The van der Waals surface area contributed by atoms with Gasteiger partial charge in [0.15, 0.2) is 0 Å². The fraction of sp³-hybridized carbons (Fsp3) is 0.333. The summed E-state index contributed by atoms with van der Waals surface area (Å²) in [6.07, 6.45) is 0. The van der Waals surface area contributed by atoms with Crippen molar-refractivity contribution in [3.63, 3.8) is 0 Å². The summed E-state index contributed by atoms with van der Waals surface area (Å²) in [6.45, 7) is 2.11. The molecule has 1 aromatic heterocycles. The van der Waals surface area contributed by atoms with Crippen molar-refractivity contribution in [2.45, 2.75) is 17.5 Å². The lowest BCUT2D eigenvalue weighted by Gasteiger charge is -2.30. The summed E-state index contributed by atoms with van der Waals surface area (Å²) in [5, 5.41) is 2.02. The number of alkyl halides is 1. The van der Waals surface area contributed by atoms with Crippen LogP contribution in [0.15, 0.2) is 41.8 Å². The van der Waals surface area contributed by atoms with Crippen LogP contribution in [0.3, 0.4) is 0 Å². The van der Waals surface area contributed by atoms with Crippen LogP contribution in [0.5, 0.6) is 0 Å². The highest BCUT2D eigenvalue weighted by Gasteiger charge is 2.35. The molecule has 0 saturated carbocycles. The molecule has 1 heterocycles. The SMILES string of the molecule is COC(OC)(c1ccc(C(C)Br)cc1)c1cccs1. The Hall–Kier alpha value is -0.680. The predicted molar refractivity (Wildman–Crippen MR) is 82.9 cm³/mol. The summed E-state index contributed by atoms with van der Waals surface area (Å²) >= 11 is 5.20. The van der Waals surface area contributed by atoms with E-state index >= 15 is 0 Å². The minimum absolute atomic E-state index is 0.336. The van der Waals surface area contributed by atoms with Gasteiger partial charge in [-0.15, -0.1) is 11.3 Å². The Morgan fingerprint density at radius 3 is 2.16 bits per heavy atom. The Morgan fingerprint density at radius 2 is 1.74 bits per heavy atom. The topological polar surface area (TPSA) is 18.5 Å². The average molecular weight is 341 g/mol. The maximum absolute atomic E-state index is 5.69. The molecule has 19 heavy (non-hydrogen) atoms. The normalized spacial score (nSPS) is 13.5. The van der Waals surface area contributed by atoms with Crippen molar-refractivity contribution in [2.24, 2.45) is 0 Å². The zero-order chi connectivity index (χ0) is 13.9. The third kappa shape index (κ3) is 2.77. The lowest BCUT2D eigenvalue weighted by molar-refractivity contribution is -0.181. The van der Waals surface area contributed by atoms with E-state index in [1.807, 2.05) is 17.5 Å². The maximum atomic E-state index is 5.69. The number of ether oxygens (including phenoxy) is 2. The smallest absolute Gasteiger partial charge is 0.231 e. The Morgan fingerprint density at radius 1 is 1.11 bits per heavy atom. The number of hydrogen-bond donors (Lipinski definition) is 0. The van der Waals surface area contributed by atoms with Crippen molar-refractivity contribution < 1.29 is 9.47 Å². The quantitative estimate of drug-likeness (QED) is 0.580. The van der Waals surface area contributed by atoms with Gasteiger partial charge in [-0.05, 0) is 23.9 Å². The van der Waals surface area contributed by atoms with E-state index in [9.17, 15) is 0 Å². The van der Waals surface area contributed by atoms with E-state index in [4.69, 9.17) is 9.47 Å². The Balaban J connectivity index is 2.45. The Kier molecular flexibility index (Phi) is 4.79. The molecule has 0 aliphatic heterocycles. The summed E-state index contributed by atoms with van der Waals surface area (Å²) in [4.78, 5) is 1.37. The molecule has 0 amide bonds. The van der Waals surface area contributed by atoms with Crippen LogP contribution in [0.1, 0.15) is 27.8 Å². The molecule has 2 rings (SSSR count). The van der Waals surface area contributed by atoms with E-state index in [1.165, 1.54) is 5.56 Å². The molecular weight excluding hydrogens is 324 g/mol. The second kappa shape index (κ2) is 6.18. The lowest BCUT2D eigenvalue weighted by Crippen LogP contribution is -2.31. The highest BCUT2D eigenvalue weighted by atomic mass is 79.9. The van der Waals surface area contributed by atoms with Gasteiger partial charge in [0.05, 0.1) is 4.88 Å². The van der Waals surface area contributed by atoms with Crippen molar-refractivity contribution in [3.8, 4) is 0 Å². The molecule has 1 atom stereocenters. The molecule has 0 fully saturated rings. The standard InChI is InChI=1S/C15H17BrO2S/c1-11(16)12-6-8-13(9-7-12)15(17-2,18-3)14-5-4-10-19-14/h4-11H,1-3H3. The van der Waals surface area contributed by atoms with Crippen LogP contribution in [0.4, 0.5) is 0 Å². The lowest BCUT2D eigenvalue weighted by atomic mass is 10.0. The zero-order valence-corrected chi connectivity index (χ0v) is 13.6. The van der Waals surface area contributed by atoms with Gasteiger partial charge in [-0.2, -0.15) is 0 Å². The first-order chi connectivity index (χ1) is 9.14. The Labute approximate surface area is 126 Å².